The molecule has 0 radical (unpaired) electrons. The second-order valence-corrected chi connectivity index (χ2v) is 6.32. The predicted molar refractivity (Wildman–Crippen MR) is 88.7 cm³/mol. The fourth-order valence-electron chi connectivity index (χ4n) is 3.44. The third-order valence-electron chi connectivity index (χ3n) is 4.60. The summed E-state index contributed by atoms with van der Waals surface area (Å²) in [7, 11) is 1.52. The Balaban J connectivity index is 2.02. The molecular weight excluding hydrogens is 306 g/mol. The van der Waals surface area contributed by atoms with Crippen LogP contribution in [0.1, 0.15) is 43.5 Å². The van der Waals surface area contributed by atoms with Crippen LogP contribution in [-0.2, 0) is 15.1 Å². The highest BCUT2D eigenvalue weighted by Crippen LogP contribution is 2.36. The minimum Gasteiger partial charge on any atom is -0.375 e. The number of amides is 1. The van der Waals surface area contributed by atoms with Crippen LogP contribution in [0.4, 0.5) is 0 Å². The Labute approximate surface area is 141 Å². The molecule has 0 atom stereocenters. The Hall–Kier alpha value is -2.28. The van der Waals surface area contributed by atoms with Gasteiger partial charge < -0.3 is 10.1 Å². The lowest BCUT2D eigenvalue weighted by molar-refractivity contribution is -0.127. The molecule has 1 aliphatic rings. The van der Waals surface area contributed by atoms with Crippen molar-refractivity contribution in [2.24, 2.45) is 0 Å². The van der Waals surface area contributed by atoms with Crippen molar-refractivity contribution >= 4 is 5.91 Å². The lowest BCUT2D eigenvalue weighted by atomic mass is 9.80. The molecule has 128 valence electrons. The van der Waals surface area contributed by atoms with Gasteiger partial charge >= 0.3 is 0 Å². The fraction of sp³-hybridized carbons (Fsp3) is 0.529. The molecule has 7 nitrogen and oxygen atoms in total. The third-order valence-corrected chi connectivity index (χ3v) is 4.60. The average molecular weight is 329 g/mol. The number of ether oxygens (including phenoxy) is 1. The van der Waals surface area contributed by atoms with Crippen molar-refractivity contribution in [2.75, 3.05) is 13.7 Å². The van der Waals surface area contributed by atoms with Gasteiger partial charge in [0, 0.05) is 7.11 Å². The van der Waals surface area contributed by atoms with Gasteiger partial charge in [-0.25, -0.2) is 0 Å². The van der Waals surface area contributed by atoms with Crippen LogP contribution >= 0.6 is 0 Å². The van der Waals surface area contributed by atoms with E-state index in [9.17, 15) is 4.79 Å². The van der Waals surface area contributed by atoms with Crippen LogP contribution in [0.25, 0.3) is 5.69 Å². The number of benzene rings is 1. The molecule has 1 amide bonds. The van der Waals surface area contributed by atoms with Crippen molar-refractivity contribution in [1.29, 1.82) is 0 Å². The van der Waals surface area contributed by atoms with E-state index >= 15 is 0 Å². The van der Waals surface area contributed by atoms with Crippen molar-refractivity contribution < 1.29 is 9.53 Å². The fourth-order valence-corrected chi connectivity index (χ4v) is 3.44. The topological polar surface area (TPSA) is 81.9 Å². The van der Waals surface area contributed by atoms with E-state index in [4.69, 9.17) is 4.74 Å². The van der Waals surface area contributed by atoms with E-state index in [1.54, 1.807) is 4.68 Å². The quantitative estimate of drug-likeness (QED) is 0.906. The summed E-state index contributed by atoms with van der Waals surface area (Å²) < 4.78 is 6.73. The molecule has 1 saturated carbocycles. The van der Waals surface area contributed by atoms with E-state index in [1.807, 2.05) is 31.2 Å². The van der Waals surface area contributed by atoms with Crippen molar-refractivity contribution in [3.05, 3.63) is 35.7 Å². The van der Waals surface area contributed by atoms with Gasteiger partial charge in [-0.3, -0.25) is 4.79 Å². The lowest BCUT2D eigenvalue weighted by Crippen LogP contribution is -2.50. The summed E-state index contributed by atoms with van der Waals surface area (Å²) in [5, 5.41) is 15.5. The maximum atomic E-state index is 12.2. The zero-order chi connectivity index (χ0) is 17.0. The van der Waals surface area contributed by atoms with Gasteiger partial charge in [0.1, 0.15) is 12.1 Å². The molecule has 2 aromatic rings. The third kappa shape index (κ3) is 3.17. The van der Waals surface area contributed by atoms with E-state index in [-0.39, 0.29) is 12.5 Å². The van der Waals surface area contributed by atoms with E-state index in [0.29, 0.717) is 5.82 Å². The van der Waals surface area contributed by atoms with Gasteiger partial charge in [-0.2, -0.15) is 4.68 Å². The van der Waals surface area contributed by atoms with E-state index in [2.05, 4.69) is 20.8 Å². The van der Waals surface area contributed by atoms with Crippen LogP contribution in [0.15, 0.2) is 24.3 Å². The SMILES string of the molecule is COCC(=O)NC1(c2nnnn2-c2ccccc2C)CCCCC1. The Morgan fingerprint density at radius 1 is 1.29 bits per heavy atom. The second-order valence-electron chi connectivity index (χ2n) is 6.32. The first-order valence-electron chi connectivity index (χ1n) is 8.31. The van der Waals surface area contributed by atoms with Crippen LogP contribution in [0.2, 0.25) is 0 Å². The predicted octanol–water partition coefficient (Wildman–Crippen LogP) is 1.89. The number of rotatable bonds is 5. The Bertz CT molecular complexity index is 707. The highest BCUT2D eigenvalue weighted by atomic mass is 16.5. The monoisotopic (exact) mass is 329 g/mol. The Morgan fingerprint density at radius 3 is 2.75 bits per heavy atom. The van der Waals surface area contributed by atoms with Crippen molar-refractivity contribution in [3.8, 4) is 5.69 Å². The number of carbonyl (C=O) groups excluding carboxylic acids is 1. The van der Waals surface area contributed by atoms with Crippen LogP contribution < -0.4 is 5.32 Å². The molecule has 0 bridgehead atoms. The number of tetrazole rings is 1. The summed E-state index contributed by atoms with van der Waals surface area (Å²) in [5.74, 6) is 0.555. The molecule has 0 unspecified atom stereocenters. The maximum Gasteiger partial charge on any atom is 0.246 e. The molecule has 0 spiro atoms. The first-order valence-corrected chi connectivity index (χ1v) is 8.31. The smallest absolute Gasteiger partial charge is 0.246 e. The number of methoxy groups -OCH3 is 1. The highest BCUT2D eigenvalue weighted by Gasteiger charge is 2.40. The molecule has 3 rings (SSSR count). The molecule has 1 heterocycles. The van der Waals surface area contributed by atoms with Gasteiger partial charge in [0.15, 0.2) is 5.82 Å². The number of carbonyl (C=O) groups is 1. The first kappa shape index (κ1) is 16.6. The number of nitrogens with one attached hydrogen (secondary N) is 1. The van der Waals surface area contributed by atoms with Crippen LogP contribution in [-0.4, -0.2) is 39.8 Å². The summed E-state index contributed by atoms with van der Waals surface area (Å²) in [5.41, 5.74) is 1.48. The van der Waals surface area contributed by atoms with Crippen LogP contribution in [0.5, 0.6) is 0 Å². The zero-order valence-corrected chi connectivity index (χ0v) is 14.2. The van der Waals surface area contributed by atoms with E-state index in [0.717, 1.165) is 43.4 Å². The zero-order valence-electron chi connectivity index (χ0n) is 14.2. The summed E-state index contributed by atoms with van der Waals surface area (Å²) in [6.07, 6.45) is 4.89. The normalized spacial score (nSPS) is 16.8. The van der Waals surface area contributed by atoms with Gasteiger partial charge in [-0.05, 0) is 41.8 Å². The largest absolute Gasteiger partial charge is 0.375 e. The molecule has 7 heteroatoms. The number of hydrogen-bond donors (Lipinski definition) is 1. The van der Waals surface area contributed by atoms with Crippen LogP contribution in [0.3, 0.4) is 0 Å². The number of para-hydroxylation sites is 1. The summed E-state index contributed by atoms with van der Waals surface area (Å²) in [6.45, 7) is 2.06. The molecule has 1 aliphatic carbocycles. The molecule has 1 N–H and O–H groups in total. The first-order chi connectivity index (χ1) is 11.7. The van der Waals surface area contributed by atoms with Crippen molar-refractivity contribution in [3.63, 3.8) is 0 Å². The number of hydrogen-bond acceptors (Lipinski definition) is 5. The molecule has 24 heavy (non-hydrogen) atoms. The Morgan fingerprint density at radius 2 is 2.04 bits per heavy atom. The summed E-state index contributed by atoms with van der Waals surface area (Å²) >= 11 is 0. The summed E-state index contributed by atoms with van der Waals surface area (Å²) in [6, 6.07) is 7.96. The molecule has 1 aromatic carbocycles. The van der Waals surface area contributed by atoms with Gasteiger partial charge in [-0.15, -0.1) is 5.10 Å². The van der Waals surface area contributed by atoms with Gasteiger partial charge in [0.25, 0.3) is 0 Å². The lowest BCUT2D eigenvalue weighted by Gasteiger charge is -2.36. The second kappa shape index (κ2) is 7.09. The van der Waals surface area contributed by atoms with Crippen molar-refractivity contribution in [1.82, 2.24) is 25.5 Å². The number of nitrogens with zero attached hydrogens (tertiary/aromatic N) is 4. The average Bonchev–Trinajstić information content (AvgIpc) is 3.06. The summed E-state index contributed by atoms with van der Waals surface area (Å²) in [4.78, 5) is 12.2. The Kier molecular flexibility index (Phi) is 4.89. The van der Waals surface area contributed by atoms with Crippen molar-refractivity contribution in [2.45, 2.75) is 44.6 Å². The van der Waals surface area contributed by atoms with E-state index in [1.165, 1.54) is 7.11 Å². The van der Waals surface area contributed by atoms with Gasteiger partial charge in [-0.1, -0.05) is 37.5 Å². The number of aryl methyl sites for hydroxylation is 1. The molecule has 0 aliphatic heterocycles. The van der Waals surface area contributed by atoms with Gasteiger partial charge in [0.2, 0.25) is 5.91 Å². The standard InChI is InChI=1S/C17H23N5O2/c1-13-8-4-5-9-14(13)22-16(19-20-21-22)17(10-6-3-7-11-17)18-15(23)12-24-2/h4-5,8-9H,3,6-7,10-12H2,1-2H3,(H,18,23). The van der Waals surface area contributed by atoms with E-state index < -0.39 is 5.54 Å². The molecule has 1 fully saturated rings. The molecular formula is C17H23N5O2. The molecule has 1 aromatic heterocycles. The van der Waals surface area contributed by atoms with Gasteiger partial charge in [0.05, 0.1) is 5.69 Å². The van der Waals surface area contributed by atoms with Crippen LogP contribution in [0, 0.1) is 6.92 Å². The minimum absolute atomic E-state index is 0.0354. The molecule has 0 saturated heterocycles. The highest BCUT2D eigenvalue weighted by molar-refractivity contribution is 5.78. The minimum atomic E-state index is -0.542. The maximum absolute atomic E-state index is 12.2. The number of aromatic nitrogens is 4.